The molecular weight excluding hydrogens is 328 g/mol. The average molecular weight is 347 g/mol. The van der Waals surface area contributed by atoms with Crippen molar-refractivity contribution in [2.45, 2.75) is 32.1 Å². The first-order valence-corrected chi connectivity index (χ1v) is 8.36. The summed E-state index contributed by atoms with van der Waals surface area (Å²) in [4.78, 5) is 21.1. The van der Waals surface area contributed by atoms with Gasteiger partial charge in [0.25, 0.3) is 0 Å². The largest absolute Gasteiger partial charge is 0.492 e. The predicted molar refractivity (Wildman–Crippen MR) is 90.8 cm³/mol. The summed E-state index contributed by atoms with van der Waals surface area (Å²) in [6.07, 6.45) is 4.34. The van der Waals surface area contributed by atoms with Crippen molar-refractivity contribution in [3.63, 3.8) is 0 Å². The minimum Gasteiger partial charge on any atom is -0.492 e. The first-order valence-electron chi connectivity index (χ1n) is 7.98. The SMILES string of the molecule is CCOc1c(Cl)cccc1Cc1ncc(C2CC2)nc1C(=O)OC. The van der Waals surface area contributed by atoms with E-state index in [1.807, 2.05) is 19.1 Å². The molecule has 0 amide bonds. The summed E-state index contributed by atoms with van der Waals surface area (Å²) in [7, 11) is 1.35. The first-order chi connectivity index (χ1) is 11.6. The van der Waals surface area contributed by atoms with Crippen molar-refractivity contribution in [3.8, 4) is 5.75 Å². The molecule has 1 aliphatic rings. The van der Waals surface area contributed by atoms with Crippen LogP contribution in [-0.2, 0) is 11.2 Å². The molecule has 2 aromatic rings. The lowest BCUT2D eigenvalue weighted by Crippen LogP contribution is -2.13. The summed E-state index contributed by atoms with van der Waals surface area (Å²) in [5.41, 5.74) is 2.55. The molecule has 1 aliphatic carbocycles. The van der Waals surface area contributed by atoms with Gasteiger partial charge in [0.15, 0.2) is 5.69 Å². The van der Waals surface area contributed by atoms with Gasteiger partial charge >= 0.3 is 5.97 Å². The maximum Gasteiger partial charge on any atom is 0.358 e. The maximum atomic E-state index is 12.1. The number of carbonyl (C=O) groups is 1. The Morgan fingerprint density at radius 2 is 2.17 bits per heavy atom. The second kappa shape index (κ2) is 7.18. The molecule has 0 aliphatic heterocycles. The minimum absolute atomic E-state index is 0.268. The van der Waals surface area contributed by atoms with Crippen molar-refractivity contribution in [1.29, 1.82) is 0 Å². The van der Waals surface area contributed by atoms with Gasteiger partial charge in [0.2, 0.25) is 0 Å². The van der Waals surface area contributed by atoms with Crippen LogP contribution in [-0.4, -0.2) is 29.7 Å². The topological polar surface area (TPSA) is 61.3 Å². The lowest BCUT2D eigenvalue weighted by molar-refractivity contribution is 0.0591. The van der Waals surface area contributed by atoms with E-state index in [4.69, 9.17) is 21.1 Å². The molecule has 0 bridgehead atoms. The van der Waals surface area contributed by atoms with Crippen molar-refractivity contribution in [2.24, 2.45) is 0 Å². The van der Waals surface area contributed by atoms with E-state index in [0.717, 1.165) is 24.1 Å². The van der Waals surface area contributed by atoms with Crippen molar-refractivity contribution in [2.75, 3.05) is 13.7 Å². The van der Waals surface area contributed by atoms with E-state index in [1.54, 1.807) is 12.3 Å². The van der Waals surface area contributed by atoms with Gasteiger partial charge < -0.3 is 9.47 Å². The molecule has 126 valence electrons. The monoisotopic (exact) mass is 346 g/mol. The molecule has 1 saturated carbocycles. The van der Waals surface area contributed by atoms with E-state index in [2.05, 4.69) is 9.97 Å². The van der Waals surface area contributed by atoms with Crippen LogP contribution in [0.1, 0.15) is 53.1 Å². The molecule has 3 rings (SSSR count). The number of halogens is 1. The average Bonchev–Trinajstić information content (AvgIpc) is 3.42. The molecule has 24 heavy (non-hydrogen) atoms. The van der Waals surface area contributed by atoms with Gasteiger partial charge in [0.1, 0.15) is 5.75 Å². The molecule has 0 radical (unpaired) electrons. The second-order valence-corrected chi connectivity index (χ2v) is 6.10. The zero-order valence-corrected chi connectivity index (χ0v) is 14.5. The van der Waals surface area contributed by atoms with E-state index in [-0.39, 0.29) is 5.69 Å². The van der Waals surface area contributed by atoms with Crippen LogP contribution in [0.15, 0.2) is 24.4 Å². The Bertz CT molecular complexity index is 760. The van der Waals surface area contributed by atoms with Crippen LogP contribution in [0.5, 0.6) is 5.75 Å². The Morgan fingerprint density at radius 1 is 1.38 bits per heavy atom. The highest BCUT2D eigenvalue weighted by atomic mass is 35.5. The normalized spacial score (nSPS) is 13.6. The Labute approximate surface area is 146 Å². The number of hydrogen-bond donors (Lipinski definition) is 0. The fourth-order valence-corrected chi connectivity index (χ4v) is 2.82. The van der Waals surface area contributed by atoms with Gasteiger partial charge in [-0.1, -0.05) is 23.7 Å². The highest BCUT2D eigenvalue weighted by Gasteiger charge is 2.28. The zero-order chi connectivity index (χ0) is 17.1. The fourth-order valence-electron chi connectivity index (χ4n) is 2.57. The number of esters is 1. The van der Waals surface area contributed by atoms with Crippen LogP contribution in [0.2, 0.25) is 5.02 Å². The molecule has 5 nitrogen and oxygen atoms in total. The van der Waals surface area contributed by atoms with Crippen molar-refractivity contribution < 1.29 is 14.3 Å². The molecule has 1 heterocycles. The van der Waals surface area contributed by atoms with Gasteiger partial charge in [-0.05, 0) is 25.8 Å². The van der Waals surface area contributed by atoms with Crippen LogP contribution in [0.25, 0.3) is 0 Å². The first kappa shape index (κ1) is 16.7. The third-order valence-electron chi connectivity index (χ3n) is 3.94. The minimum atomic E-state index is -0.472. The molecule has 1 fully saturated rings. The second-order valence-electron chi connectivity index (χ2n) is 5.69. The smallest absolute Gasteiger partial charge is 0.358 e. The Hall–Kier alpha value is -2.14. The summed E-state index contributed by atoms with van der Waals surface area (Å²) in [6.45, 7) is 2.41. The highest BCUT2D eigenvalue weighted by Crippen LogP contribution is 2.39. The van der Waals surface area contributed by atoms with Crippen LogP contribution in [0.4, 0.5) is 0 Å². The number of rotatable bonds is 6. The van der Waals surface area contributed by atoms with Gasteiger partial charge in [-0.2, -0.15) is 0 Å². The quantitative estimate of drug-likeness (QED) is 0.745. The number of para-hydroxylation sites is 1. The lowest BCUT2D eigenvalue weighted by atomic mass is 10.1. The Balaban J connectivity index is 1.97. The number of carbonyl (C=O) groups excluding carboxylic acids is 1. The molecule has 0 saturated heterocycles. The summed E-state index contributed by atoms with van der Waals surface area (Å²) in [5.74, 6) is 0.561. The van der Waals surface area contributed by atoms with E-state index in [0.29, 0.717) is 35.4 Å². The number of hydrogen-bond acceptors (Lipinski definition) is 5. The van der Waals surface area contributed by atoms with Crippen LogP contribution < -0.4 is 4.74 Å². The molecule has 0 spiro atoms. The molecule has 1 aromatic carbocycles. The van der Waals surface area contributed by atoms with Gasteiger partial charge in [-0.15, -0.1) is 0 Å². The molecule has 0 unspecified atom stereocenters. The number of benzene rings is 1. The number of nitrogens with zero attached hydrogens (tertiary/aromatic N) is 2. The van der Waals surface area contributed by atoms with Gasteiger partial charge in [-0.3, -0.25) is 4.98 Å². The lowest BCUT2D eigenvalue weighted by Gasteiger charge is -2.13. The van der Waals surface area contributed by atoms with Gasteiger partial charge in [0, 0.05) is 24.1 Å². The van der Waals surface area contributed by atoms with E-state index in [9.17, 15) is 4.79 Å². The fraction of sp³-hybridized carbons (Fsp3) is 0.389. The molecule has 0 atom stereocenters. The molecule has 6 heteroatoms. The zero-order valence-electron chi connectivity index (χ0n) is 13.7. The van der Waals surface area contributed by atoms with Crippen molar-refractivity contribution in [1.82, 2.24) is 9.97 Å². The third-order valence-corrected chi connectivity index (χ3v) is 4.23. The van der Waals surface area contributed by atoms with E-state index < -0.39 is 5.97 Å². The highest BCUT2D eigenvalue weighted by molar-refractivity contribution is 6.32. The van der Waals surface area contributed by atoms with E-state index in [1.165, 1.54) is 7.11 Å². The molecular formula is C18H19ClN2O3. The van der Waals surface area contributed by atoms with Crippen molar-refractivity contribution >= 4 is 17.6 Å². The standard InChI is InChI=1S/C18H19ClN2O3/c1-3-24-17-12(5-4-6-13(17)19)9-14-16(18(22)23-2)21-15(10-20-14)11-7-8-11/h4-6,10-11H,3,7-9H2,1-2H3. The number of aromatic nitrogens is 2. The summed E-state index contributed by atoms with van der Waals surface area (Å²) in [6, 6.07) is 5.54. The molecule has 1 aromatic heterocycles. The van der Waals surface area contributed by atoms with Gasteiger partial charge in [0.05, 0.1) is 30.1 Å². The number of ether oxygens (including phenoxy) is 2. The summed E-state index contributed by atoms with van der Waals surface area (Å²) < 4.78 is 10.5. The van der Waals surface area contributed by atoms with Gasteiger partial charge in [-0.25, -0.2) is 9.78 Å². The molecule has 0 N–H and O–H groups in total. The maximum absolute atomic E-state index is 12.1. The summed E-state index contributed by atoms with van der Waals surface area (Å²) in [5, 5.41) is 0.538. The van der Waals surface area contributed by atoms with E-state index >= 15 is 0 Å². The predicted octanol–water partition coefficient (Wildman–Crippen LogP) is 3.78. The van der Waals surface area contributed by atoms with Crippen molar-refractivity contribution in [3.05, 3.63) is 52.1 Å². The Kier molecular flexibility index (Phi) is 5.00. The van der Waals surface area contributed by atoms with Crippen LogP contribution in [0, 0.1) is 0 Å². The van der Waals surface area contributed by atoms with Crippen LogP contribution in [0.3, 0.4) is 0 Å². The number of methoxy groups -OCH3 is 1. The third kappa shape index (κ3) is 3.51. The summed E-state index contributed by atoms with van der Waals surface area (Å²) >= 11 is 6.23. The Morgan fingerprint density at radius 3 is 2.83 bits per heavy atom. The van der Waals surface area contributed by atoms with Crippen LogP contribution >= 0.6 is 11.6 Å².